The second kappa shape index (κ2) is 7.26. The van der Waals surface area contributed by atoms with E-state index in [0.29, 0.717) is 18.0 Å². The molecule has 2 saturated heterocycles. The monoisotopic (exact) mass is 387 g/mol. The number of hydrogen-bond donors (Lipinski definition) is 0. The third kappa shape index (κ3) is 3.85. The fourth-order valence-electron chi connectivity index (χ4n) is 3.36. The average molecular weight is 387 g/mol. The Kier molecular flexibility index (Phi) is 5.14. The number of anilines is 1. The third-order valence-electron chi connectivity index (χ3n) is 4.73. The first-order valence-electron chi connectivity index (χ1n) is 9.33. The number of urea groups is 1. The van der Waals surface area contributed by atoms with Crippen molar-refractivity contribution in [1.82, 2.24) is 9.80 Å². The standard InChI is InChI=1S/C20H25N3O5/c1-13-5-7-14(8-6-13)21-11-12-22(18(21)26)15-9-10-16(24)23(17(15)25)19(27)28-20(2,3)4/h5-8,15H,9-12H2,1-4H3. The minimum absolute atomic E-state index is 0.00393. The van der Waals surface area contributed by atoms with E-state index in [1.54, 1.807) is 25.7 Å². The number of aryl methyl sites for hydroxylation is 1. The van der Waals surface area contributed by atoms with Gasteiger partial charge < -0.3 is 9.64 Å². The highest BCUT2D eigenvalue weighted by atomic mass is 16.6. The van der Waals surface area contributed by atoms with Gasteiger partial charge in [-0.15, -0.1) is 0 Å². The smallest absolute Gasteiger partial charge is 0.424 e. The van der Waals surface area contributed by atoms with E-state index in [1.807, 2.05) is 31.2 Å². The van der Waals surface area contributed by atoms with Crippen molar-refractivity contribution in [1.29, 1.82) is 0 Å². The van der Waals surface area contributed by atoms with Gasteiger partial charge in [0.15, 0.2) is 0 Å². The first kappa shape index (κ1) is 19.9. The summed E-state index contributed by atoms with van der Waals surface area (Å²) in [5.74, 6) is -1.30. The Morgan fingerprint density at radius 2 is 1.71 bits per heavy atom. The summed E-state index contributed by atoms with van der Waals surface area (Å²) >= 11 is 0. The SMILES string of the molecule is Cc1ccc(N2CCN(C3CCC(=O)N(C(=O)OC(C)(C)C)C3=O)C2=O)cc1. The summed E-state index contributed by atoms with van der Waals surface area (Å²) in [6, 6.07) is 6.39. The van der Waals surface area contributed by atoms with Crippen LogP contribution >= 0.6 is 0 Å². The molecule has 2 aliphatic heterocycles. The van der Waals surface area contributed by atoms with Gasteiger partial charge in [0.1, 0.15) is 11.6 Å². The third-order valence-corrected chi connectivity index (χ3v) is 4.73. The lowest BCUT2D eigenvalue weighted by Gasteiger charge is -2.34. The molecule has 2 fully saturated rings. The lowest BCUT2D eigenvalue weighted by Crippen LogP contribution is -2.57. The number of likely N-dealkylation sites (tertiary alicyclic amines) is 1. The summed E-state index contributed by atoms with van der Waals surface area (Å²) in [7, 11) is 0. The molecule has 8 heteroatoms. The Morgan fingerprint density at radius 1 is 1.07 bits per heavy atom. The van der Waals surface area contributed by atoms with E-state index >= 15 is 0 Å². The molecule has 0 aromatic heterocycles. The van der Waals surface area contributed by atoms with Gasteiger partial charge in [0, 0.05) is 25.2 Å². The number of imide groups is 3. The molecular formula is C20H25N3O5. The second-order valence-electron chi connectivity index (χ2n) is 8.07. The van der Waals surface area contributed by atoms with Gasteiger partial charge in [-0.05, 0) is 46.2 Å². The van der Waals surface area contributed by atoms with Crippen molar-refractivity contribution >= 4 is 29.6 Å². The maximum atomic E-state index is 12.9. The maximum absolute atomic E-state index is 12.9. The van der Waals surface area contributed by atoms with Gasteiger partial charge in [0.05, 0.1) is 0 Å². The zero-order valence-corrected chi connectivity index (χ0v) is 16.6. The predicted molar refractivity (Wildman–Crippen MR) is 102 cm³/mol. The Balaban J connectivity index is 1.77. The van der Waals surface area contributed by atoms with E-state index in [9.17, 15) is 19.2 Å². The predicted octanol–water partition coefficient (Wildman–Crippen LogP) is 2.69. The average Bonchev–Trinajstić information content (AvgIpc) is 2.96. The summed E-state index contributed by atoms with van der Waals surface area (Å²) in [6.45, 7) is 7.72. The molecule has 1 aromatic rings. The minimum atomic E-state index is -0.991. The number of piperidine rings is 1. The quantitative estimate of drug-likeness (QED) is 0.728. The number of nitrogens with zero attached hydrogens (tertiary/aromatic N) is 3. The number of ether oxygens (including phenoxy) is 1. The van der Waals surface area contributed by atoms with Gasteiger partial charge in [-0.3, -0.25) is 14.5 Å². The van der Waals surface area contributed by atoms with E-state index < -0.39 is 29.6 Å². The lowest BCUT2D eigenvalue weighted by molar-refractivity contribution is -0.150. The highest BCUT2D eigenvalue weighted by Crippen LogP contribution is 2.27. The van der Waals surface area contributed by atoms with Crippen molar-refractivity contribution in [3.8, 4) is 0 Å². The number of benzene rings is 1. The Bertz CT molecular complexity index is 812. The van der Waals surface area contributed by atoms with Crippen LogP contribution in [-0.4, -0.2) is 58.5 Å². The summed E-state index contributed by atoms with van der Waals surface area (Å²) < 4.78 is 5.19. The molecule has 0 N–H and O–H groups in total. The van der Waals surface area contributed by atoms with Crippen LogP contribution in [0, 0.1) is 6.92 Å². The van der Waals surface area contributed by atoms with Gasteiger partial charge >= 0.3 is 12.1 Å². The fourth-order valence-corrected chi connectivity index (χ4v) is 3.36. The fraction of sp³-hybridized carbons (Fsp3) is 0.500. The number of rotatable bonds is 2. The Hall–Kier alpha value is -2.90. The van der Waals surface area contributed by atoms with Crippen molar-refractivity contribution in [3.05, 3.63) is 29.8 Å². The van der Waals surface area contributed by atoms with Crippen LogP contribution in [0.25, 0.3) is 0 Å². The topological polar surface area (TPSA) is 87.2 Å². The van der Waals surface area contributed by atoms with Crippen LogP contribution in [0.2, 0.25) is 0 Å². The molecule has 1 atom stereocenters. The van der Waals surface area contributed by atoms with E-state index in [0.717, 1.165) is 11.3 Å². The molecule has 2 aliphatic rings. The van der Waals surface area contributed by atoms with Gasteiger partial charge in [-0.2, -0.15) is 4.90 Å². The van der Waals surface area contributed by atoms with Crippen molar-refractivity contribution < 1.29 is 23.9 Å². The maximum Gasteiger partial charge on any atom is 0.424 e. The normalized spacial score (nSPS) is 20.8. The van der Waals surface area contributed by atoms with Crippen LogP contribution < -0.4 is 4.90 Å². The van der Waals surface area contributed by atoms with Crippen molar-refractivity contribution in [2.75, 3.05) is 18.0 Å². The molecule has 0 bridgehead atoms. The van der Waals surface area contributed by atoms with Crippen molar-refractivity contribution in [2.24, 2.45) is 0 Å². The van der Waals surface area contributed by atoms with E-state index in [2.05, 4.69) is 0 Å². The summed E-state index contributed by atoms with van der Waals surface area (Å²) in [4.78, 5) is 53.9. The molecule has 0 spiro atoms. The van der Waals surface area contributed by atoms with Crippen LogP contribution in [-0.2, 0) is 14.3 Å². The number of carbonyl (C=O) groups is 4. The molecule has 0 radical (unpaired) electrons. The van der Waals surface area contributed by atoms with Crippen molar-refractivity contribution in [2.45, 2.75) is 52.2 Å². The van der Waals surface area contributed by atoms with E-state index in [1.165, 1.54) is 4.90 Å². The molecule has 2 heterocycles. The largest absolute Gasteiger partial charge is 0.443 e. The Morgan fingerprint density at radius 3 is 2.32 bits per heavy atom. The van der Waals surface area contributed by atoms with E-state index in [4.69, 9.17) is 4.74 Å². The number of hydrogen-bond acceptors (Lipinski definition) is 5. The van der Waals surface area contributed by atoms with Crippen LogP contribution in [0.5, 0.6) is 0 Å². The molecule has 28 heavy (non-hydrogen) atoms. The molecule has 1 aromatic carbocycles. The van der Waals surface area contributed by atoms with Gasteiger partial charge in [0.2, 0.25) is 5.91 Å². The lowest BCUT2D eigenvalue weighted by atomic mass is 10.0. The summed E-state index contributed by atoms with van der Waals surface area (Å²) in [5.41, 5.74) is 0.999. The molecule has 3 rings (SSSR count). The molecule has 0 aliphatic carbocycles. The first-order valence-corrected chi connectivity index (χ1v) is 9.33. The minimum Gasteiger partial charge on any atom is -0.443 e. The molecule has 5 amide bonds. The van der Waals surface area contributed by atoms with Crippen LogP contribution in [0.1, 0.15) is 39.2 Å². The summed E-state index contributed by atoms with van der Waals surface area (Å²) in [6.07, 6.45) is -0.789. The zero-order chi connectivity index (χ0) is 20.6. The van der Waals surface area contributed by atoms with Gasteiger partial charge in [-0.25, -0.2) is 9.59 Å². The highest BCUT2D eigenvalue weighted by Gasteiger charge is 2.46. The number of amides is 5. The molecule has 8 nitrogen and oxygen atoms in total. The van der Waals surface area contributed by atoms with Crippen molar-refractivity contribution in [3.63, 3.8) is 0 Å². The van der Waals surface area contributed by atoms with Crippen LogP contribution in [0.15, 0.2) is 24.3 Å². The van der Waals surface area contributed by atoms with Gasteiger partial charge in [0.25, 0.3) is 5.91 Å². The highest BCUT2D eigenvalue weighted by molar-refractivity contribution is 6.13. The molecular weight excluding hydrogens is 362 g/mol. The summed E-state index contributed by atoms with van der Waals surface area (Å²) in [5, 5.41) is 0. The van der Waals surface area contributed by atoms with Crippen LogP contribution in [0.4, 0.5) is 15.3 Å². The zero-order valence-electron chi connectivity index (χ0n) is 16.6. The second-order valence-corrected chi connectivity index (χ2v) is 8.07. The number of carbonyl (C=O) groups excluding carboxylic acids is 4. The molecule has 0 saturated carbocycles. The first-order chi connectivity index (χ1) is 13.1. The molecule has 1 unspecified atom stereocenters. The van der Waals surface area contributed by atoms with Gasteiger partial charge in [-0.1, -0.05) is 17.7 Å². The Labute approximate surface area is 164 Å². The van der Waals surface area contributed by atoms with Crippen LogP contribution in [0.3, 0.4) is 0 Å². The van der Waals surface area contributed by atoms with E-state index in [-0.39, 0.29) is 18.9 Å². The molecule has 150 valence electrons.